The van der Waals surface area contributed by atoms with Gasteiger partial charge in [-0.15, -0.1) is 0 Å². The molecule has 1 aliphatic carbocycles. The molecule has 0 aromatic rings. The highest BCUT2D eigenvalue weighted by Crippen LogP contribution is 2.51. The SMILES string of the molecule is C=C(C)C1CC(=O)C2(C)C(C1)N2C(=O)OCC. The van der Waals surface area contributed by atoms with Crippen molar-refractivity contribution < 1.29 is 14.3 Å². The highest BCUT2D eigenvalue weighted by Gasteiger charge is 2.69. The van der Waals surface area contributed by atoms with Crippen LogP contribution >= 0.6 is 0 Å². The molecule has 4 heteroatoms. The van der Waals surface area contributed by atoms with E-state index in [9.17, 15) is 9.59 Å². The number of hydrogen-bond acceptors (Lipinski definition) is 3. The van der Waals surface area contributed by atoms with Crippen LogP contribution in [-0.2, 0) is 9.53 Å². The monoisotopic (exact) mass is 237 g/mol. The fraction of sp³-hybridized carbons (Fsp3) is 0.692. The summed E-state index contributed by atoms with van der Waals surface area (Å²) in [4.78, 5) is 25.4. The second-order valence-electron chi connectivity index (χ2n) is 5.14. The number of carbonyl (C=O) groups is 2. The van der Waals surface area contributed by atoms with Gasteiger partial charge in [-0.3, -0.25) is 9.69 Å². The van der Waals surface area contributed by atoms with Gasteiger partial charge in [0.05, 0.1) is 12.6 Å². The van der Waals surface area contributed by atoms with Crippen molar-refractivity contribution in [1.29, 1.82) is 0 Å². The first kappa shape index (κ1) is 12.1. The number of likely N-dealkylation sites (tertiary alicyclic amines) is 1. The van der Waals surface area contributed by atoms with Crippen molar-refractivity contribution in [2.24, 2.45) is 5.92 Å². The van der Waals surface area contributed by atoms with Crippen molar-refractivity contribution in [3.63, 3.8) is 0 Å². The molecule has 2 aliphatic rings. The maximum Gasteiger partial charge on any atom is 0.410 e. The summed E-state index contributed by atoms with van der Waals surface area (Å²) in [6, 6.07) is 0.00417. The van der Waals surface area contributed by atoms with Crippen molar-refractivity contribution in [2.75, 3.05) is 6.61 Å². The summed E-state index contributed by atoms with van der Waals surface area (Å²) in [5.41, 5.74) is 0.411. The van der Waals surface area contributed by atoms with E-state index in [0.29, 0.717) is 13.0 Å². The second-order valence-corrected chi connectivity index (χ2v) is 5.14. The fourth-order valence-corrected chi connectivity index (χ4v) is 2.78. The van der Waals surface area contributed by atoms with Gasteiger partial charge in [0, 0.05) is 6.42 Å². The quantitative estimate of drug-likeness (QED) is 0.546. The highest BCUT2D eigenvalue weighted by molar-refractivity contribution is 5.98. The molecule has 0 aromatic carbocycles. The molecule has 1 heterocycles. The minimum Gasteiger partial charge on any atom is -0.450 e. The smallest absolute Gasteiger partial charge is 0.410 e. The van der Waals surface area contributed by atoms with Crippen molar-refractivity contribution in [3.8, 4) is 0 Å². The molecule has 0 spiro atoms. The van der Waals surface area contributed by atoms with Crippen LogP contribution in [0.2, 0.25) is 0 Å². The lowest BCUT2D eigenvalue weighted by Gasteiger charge is -2.22. The molecule has 2 rings (SSSR count). The molecule has 1 amide bonds. The number of ketones is 1. The molecule has 94 valence electrons. The Morgan fingerprint density at radius 2 is 2.29 bits per heavy atom. The van der Waals surface area contributed by atoms with Crippen LogP contribution < -0.4 is 0 Å². The van der Waals surface area contributed by atoms with Gasteiger partial charge in [-0.1, -0.05) is 12.2 Å². The van der Waals surface area contributed by atoms with Crippen LogP contribution in [0.25, 0.3) is 0 Å². The molecule has 0 N–H and O–H groups in total. The molecule has 1 aliphatic heterocycles. The Bertz CT molecular complexity index is 390. The van der Waals surface area contributed by atoms with Crippen LogP contribution in [0, 0.1) is 5.92 Å². The molecule has 2 fully saturated rings. The lowest BCUT2D eigenvalue weighted by molar-refractivity contribution is -0.123. The first-order valence-corrected chi connectivity index (χ1v) is 6.07. The van der Waals surface area contributed by atoms with Crippen LogP contribution in [0.5, 0.6) is 0 Å². The minimum atomic E-state index is -0.613. The second kappa shape index (κ2) is 3.86. The number of allylic oxidation sites excluding steroid dienone is 1. The van der Waals surface area contributed by atoms with Gasteiger partial charge in [0.1, 0.15) is 5.54 Å². The van der Waals surface area contributed by atoms with Gasteiger partial charge in [0.15, 0.2) is 5.78 Å². The summed E-state index contributed by atoms with van der Waals surface area (Å²) < 4.78 is 4.98. The maximum atomic E-state index is 12.1. The molecule has 0 bridgehead atoms. The summed E-state index contributed by atoms with van der Waals surface area (Å²) in [7, 11) is 0. The Labute approximate surface area is 102 Å². The summed E-state index contributed by atoms with van der Waals surface area (Å²) in [6.45, 7) is 9.80. The Hall–Kier alpha value is -1.32. The predicted molar refractivity (Wildman–Crippen MR) is 63.6 cm³/mol. The van der Waals surface area contributed by atoms with Gasteiger partial charge in [0.25, 0.3) is 0 Å². The molecule has 0 radical (unpaired) electrons. The van der Waals surface area contributed by atoms with Gasteiger partial charge in [-0.2, -0.15) is 0 Å². The van der Waals surface area contributed by atoms with E-state index < -0.39 is 5.54 Å². The molecule has 3 unspecified atom stereocenters. The van der Waals surface area contributed by atoms with E-state index in [4.69, 9.17) is 4.74 Å². The average Bonchev–Trinajstić information content (AvgIpc) is 2.85. The van der Waals surface area contributed by atoms with Crippen LogP contribution in [0.15, 0.2) is 12.2 Å². The Morgan fingerprint density at radius 1 is 1.65 bits per heavy atom. The zero-order valence-electron chi connectivity index (χ0n) is 10.7. The normalized spacial score (nSPS) is 35.2. The van der Waals surface area contributed by atoms with Crippen molar-refractivity contribution in [3.05, 3.63) is 12.2 Å². The predicted octanol–water partition coefficient (Wildman–Crippen LogP) is 2.14. The molecule has 1 saturated carbocycles. The largest absolute Gasteiger partial charge is 0.450 e. The Balaban J connectivity index is 2.14. The van der Waals surface area contributed by atoms with Crippen molar-refractivity contribution in [1.82, 2.24) is 4.90 Å². The van der Waals surface area contributed by atoms with E-state index in [-0.39, 0.29) is 23.8 Å². The molecule has 0 aromatic heterocycles. The van der Waals surface area contributed by atoms with Gasteiger partial charge in [-0.05, 0) is 33.1 Å². The van der Waals surface area contributed by atoms with E-state index in [2.05, 4.69) is 6.58 Å². The van der Waals surface area contributed by atoms with Crippen LogP contribution in [0.3, 0.4) is 0 Å². The summed E-state index contributed by atoms with van der Waals surface area (Å²) in [6.07, 6.45) is 0.963. The zero-order valence-corrected chi connectivity index (χ0v) is 10.7. The molecular formula is C13H19NO3. The fourth-order valence-electron chi connectivity index (χ4n) is 2.78. The summed E-state index contributed by atoms with van der Waals surface area (Å²) in [5, 5.41) is 0. The summed E-state index contributed by atoms with van der Waals surface area (Å²) >= 11 is 0. The number of fused-ring (bicyclic) bond motifs is 1. The van der Waals surface area contributed by atoms with Crippen LogP contribution in [-0.4, -0.2) is 35.0 Å². The molecule has 1 saturated heterocycles. The van der Waals surface area contributed by atoms with E-state index in [1.165, 1.54) is 0 Å². The summed E-state index contributed by atoms with van der Waals surface area (Å²) in [5.74, 6) is 0.342. The van der Waals surface area contributed by atoms with Gasteiger partial charge >= 0.3 is 6.09 Å². The number of rotatable bonds is 2. The third-order valence-corrected chi connectivity index (χ3v) is 4.06. The van der Waals surface area contributed by atoms with Crippen LogP contribution in [0.1, 0.15) is 33.6 Å². The number of hydrogen-bond donors (Lipinski definition) is 0. The van der Waals surface area contributed by atoms with Gasteiger partial charge in [-0.25, -0.2) is 4.79 Å². The molecular weight excluding hydrogens is 218 g/mol. The number of amides is 1. The van der Waals surface area contributed by atoms with Crippen molar-refractivity contribution >= 4 is 11.9 Å². The van der Waals surface area contributed by atoms with Crippen molar-refractivity contribution in [2.45, 2.75) is 45.2 Å². The highest BCUT2D eigenvalue weighted by atomic mass is 16.6. The van der Waals surface area contributed by atoms with E-state index in [0.717, 1.165) is 12.0 Å². The topological polar surface area (TPSA) is 46.4 Å². The standard InChI is InChI=1S/C13H19NO3/c1-5-17-12(16)14-10-6-9(8(2)3)7-11(15)13(10,14)4/h9-10H,2,5-7H2,1,3-4H3. The molecule has 3 atom stereocenters. The average molecular weight is 237 g/mol. The van der Waals surface area contributed by atoms with Gasteiger partial charge in [0.2, 0.25) is 0 Å². The first-order valence-electron chi connectivity index (χ1n) is 6.07. The maximum absolute atomic E-state index is 12.1. The third-order valence-electron chi connectivity index (χ3n) is 4.06. The molecule has 17 heavy (non-hydrogen) atoms. The lowest BCUT2D eigenvalue weighted by atomic mass is 9.79. The molecule has 4 nitrogen and oxygen atoms in total. The lowest BCUT2D eigenvalue weighted by Crippen LogP contribution is -2.34. The number of ether oxygens (including phenoxy) is 1. The van der Waals surface area contributed by atoms with E-state index >= 15 is 0 Å². The van der Waals surface area contributed by atoms with E-state index in [1.54, 1.807) is 11.8 Å². The number of carbonyl (C=O) groups excluding carboxylic acids is 2. The van der Waals surface area contributed by atoms with Crippen LogP contribution in [0.4, 0.5) is 4.79 Å². The number of Topliss-reactive ketones (excluding diaryl/α,β-unsaturated/α-hetero) is 1. The zero-order chi connectivity index (χ0) is 12.8. The minimum absolute atomic E-state index is 0.00417. The van der Waals surface area contributed by atoms with E-state index in [1.807, 2.05) is 13.8 Å². The van der Waals surface area contributed by atoms with Gasteiger partial charge < -0.3 is 4.74 Å². The third kappa shape index (κ3) is 1.66. The Kier molecular flexibility index (Phi) is 2.76. The first-order chi connectivity index (χ1) is 7.92. The number of nitrogens with zero attached hydrogens (tertiary/aromatic N) is 1. The Morgan fingerprint density at radius 3 is 2.82 bits per heavy atom.